The number of methoxy groups -OCH3 is 1. The first-order valence-electron chi connectivity index (χ1n) is 7.02. The molecular weight excluding hydrogens is 288 g/mol. The second-order valence-corrected chi connectivity index (χ2v) is 5.28. The molecule has 1 aromatic heterocycles. The van der Waals surface area contributed by atoms with Crippen LogP contribution in [-0.2, 0) is 13.0 Å². The van der Waals surface area contributed by atoms with Crippen LogP contribution in [0.5, 0.6) is 5.75 Å². The van der Waals surface area contributed by atoms with Crippen molar-refractivity contribution >= 4 is 11.6 Å². The summed E-state index contributed by atoms with van der Waals surface area (Å²) in [5.41, 5.74) is 1.49. The van der Waals surface area contributed by atoms with Gasteiger partial charge in [-0.25, -0.2) is 4.98 Å². The van der Waals surface area contributed by atoms with Crippen LogP contribution < -0.4 is 10.3 Å². The molecule has 0 N–H and O–H groups in total. The van der Waals surface area contributed by atoms with E-state index in [0.29, 0.717) is 23.8 Å². The average molecular weight is 307 g/mol. The molecule has 0 bridgehead atoms. The second kappa shape index (κ2) is 7.27. The Bertz CT molecular complexity index is 650. The Morgan fingerprint density at radius 1 is 1.29 bits per heavy atom. The molecule has 0 amide bonds. The van der Waals surface area contributed by atoms with Gasteiger partial charge in [-0.15, -0.1) is 0 Å². The molecule has 1 heterocycles. The largest absolute Gasteiger partial charge is 0.497 e. The Balaban J connectivity index is 2.26. The second-order valence-electron chi connectivity index (χ2n) is 4.90. The zero-order valence-electron chi connectivity index (χ0n) is 12.3. The Hall–Kier alpha value is -1.81. The lowest BCUT2D eigenvalue weighted by Gasteiger charge is -2.09. The van der Waals surface area contributed by atoms with Crippen molar-refractivity contribution in [3.05, 3.63) is 57.2 Å². The molecule has 0 spiro atoms. The van der Waals surface area contributed by atoms with Gasteiger partial charge in [0.05, 0.1) is 13.7 Å². The molecule has 2 rings (SSSR count). The zero-order chi connectivity index (χ0) is 15.2. The molecule has 0 fully saturated rings. The average Bonchev–Trinajstić information content (AvgIpc) is 2.50. The van der Waals surface area contributed by atoms with Crippen molar-refractivity contribution in [3.63, 3.8) is 0 Å². The third kappa shape index (κ3) is 4.08. The Kier molecular flexibility index (Phi) is 5.39. The highest BCUT2D eigenvalue weighted by Crippen LogP contribution is 2.13. The SMILES string of the molecule is CCCCc1nc(Cl)cn(Cc2ccc(OC)cc2)c1=O. The maximum Gasteiger partial charge on any atom is 0.272 e. The van der Waals surface area contributed by atoms with Gasteiger partial charge in [-0.05, 0) is 30.5 Å². The normalized spacial score (nSPS) is 10.6. The molecule has 0 unspecified atom stereocenters. The Morgan fingerprint density at radius 2 is 2.00 bits per heavy atom. The van der Waals surface area contributed by atoms with Crippen LogP contribution in [0.4, 0.5) is 0 Å². The smallest absolute Gasteiger partial charge is 0.272 e. The van der Waals surface area contributed by atoms with Crippen LogP contribution in [0.1, 0.15) is 31.0 Å². The van der Waals surface area contributed by atoms with Crippen molar-refractivity contribution in [1.82, 2.24) is 9.55 Å². The fraction of sp³-hybridized carbons (Fsp3) is 0.375. The van der Waals surface area contributed by atoms with Crippen molar-refractivity contribution < 1.29 is 4.74 Å². The maximum absolute atomic E-state index is 12.4. The van der Waals surface area contributed by atoms with Crippen LogP contribution in [0.2, 0.25) is 5.15 Å². The van der Waals surface area contributed by atoms with Crippen LogP contribution >= 0.6 is 11.6 Å². The monoisotopic (exact) mass is 306 g/mol. The van der Waals surface area contributed by atoms with Crippen molar-refractivity contribution in [2.75, 3.05) is 7.11 Å². The van der Waals surface area contributed by atoms with Gasteiger partial charge in [-0.1, -0.05) is 37.1 Å². The van der Waals surface area contributed by atoms with Gasteiger partial charge in [0.15, 0.2) is 0 Å². The van der Waals surface area contributed by atoms with E-state index >= 15 is 0 Å². The van der Waals surface area contributed by atoms with Crippen LogP contribution in [0, 0.1) is 0 Å². The van der Waals surface area contributed by atoms with E-state index in [0.717, 1.165) is 24.2 Å². The number of nitrogens with zero attached hydrogens (tertiary/aromatic N) is 2. The van der Waals surface area contributed by atoms with Crippen molar-refractivity contribution in [2.24, 2.45) is 0 Å². The van der Waals surface area contributed by atoms with E-state index in [1.54, 1.807) is 17.9 Å². The number of rotatable bonds is 6. The van der Waals surface area contributed by atoms with E-state index in [1.807, 2.05) is 24.3 Å². The molecule has 0 saturated carbocycles. The molecule has 21 heavy (non-hydrogen) atoms. The minimum atomic E-state index is -0.0660. The number of hydrogen-bond donors (Lipinski definition) is 0. The van der Waals surface area contributed by atoms with E-state index in [9.17, 15) is 4.79 Å². The summed E-state index contributed by atoms with van der Waals surface area (Å²) >= 11 is 6.02. The molecule has 0 atom stereocenters. The van der Waals surface area contributed by atoms with E-state index in [1.165, 1.54) is 0 Å². The topological polar surface area (TPSA) is 44.1 Å². The first-order chi connectivity index (χ1) is 10.1. The lowest BCUT2D eigenvalue weighted by atomic mass is 10.2. The summed E-state index contributed by atoms with van der Waals surface area (Å²) in [6, 6.07) is 7.62. The zero-order valence-corrected chi connectivity index (χ0v) is 13.1. The summed E-state index contributed by atoms with van der Waals surface area (Å²) in [4.78, 5) is 16.5. The number of benzene rings is 1. The van der Waals surface area contributed by atoms with Crippen molar-refractivity contribution in [2.45, 2.75) is 32.7 Å². The lowest BCUT2D eigenvalue weighted by Crippen LogP contribution is -2.25. The fourth-order valence-corrected chi connectivity index (χ4v) is 2.33. The van der Waals surface area contributed by atoms with Crippen LogP contribution in [-0.4, -0.2) is 16.7 Å². The lowest BCUT2D eigenvalue weighted by molar-refractivity contribution is 0.414. The molecule has 112 valence electrons. The summed E-state index contributed by atoms with van der Waals surface area (Å²) in [5.74, 6) is 0.794. The highest BCUT2D eigenvalue weighted by atomic mass is 35.5. The van der Waals surface area contributed by atoms with Gasteiger partial charge in [0.2, 0.25) is 0 Å². The van der Waals surface area contributed by atoms with Crippen molar-refractivity contribution in [1.29, 1.82) is 0 Å². The van der Waals surface area contributed by atoms with E-state index in [-0.39, 0.29) is 5.56 Å². The van der Waals surface area contributed by atoms with Crippen LogP contribution in [0.3, 0.4) is 0 Å². The summed E-state index contributed by atoms with van der Waals surface area (Å²) < 4.78 is 6.74. The molecule has 0 radical (unpaired) electrons. The minimum absolute atomic E-state index is 0.0660. The van der Waals surface area contributed by atoms with Gasteiger partial charge in [-0.3, -0.25) is 4.79 Å². The summed E-state index contributed by atoms with van der Waals surface area (Å²) in [5, 5.41) is 0.356. The number of aryl methyl sites for hydroxylation is 1. The molecule has 0 saturated heterocycles. The van der Waals surface area contributed by atoms with Crippen molar-refractivity contribution in [3.8, 4) is 5.75 Å². The summed E-state index contributed by atoms with van der Waals surface area (Å²) in [6.45, 7) is 2.56. The van der Waals surface area contributed by atoms with E-state index < -0.39 is 0 Å². The fourth-order valence-electron chi connectivity index (χ4n) is 2.11. The number of ether oxygens (including phenoxy) is 1. The van der Waals surface area contributed by atoms with Gasteiger partial charge in [0.25, 0.3) is 5.56 Å². The minimum Gasteiger partial charge on any atom is -0.497 e. The van der Waals surface area contributed by atoms with Crippen LogP contribution in [0.15, 0.2) is 35.3 Å². The first-order valence-corrected chi connectivity index (χ1v) is 7.40. The molecule has 0 aliphatic rings. The summed E-state index contributed by atoms with van der Waals surface area (Å²) in [6.07, 6.45) is 4.21. The molecule has 1 aromatic carbocycles. The van der Waals surface area contributed by atoms with Gasteiger partial charge in [0.1, 0.15) is 16.6 Å². The summed E-state index contributed by atoms with van der Waals surface area (Å²) in [7, 11) is 1.63. The predicted molar refractivity (Wildman–Crippen MR) is 84.2 cm³/mol. The number of halogens is 1. The van der Waals surface area contributed by atoms with Gasteiger partial charge < -0.3 is 9.30 Å². The maximum atomic E-state index is 12.4. The molecule has 2 aromatic rings. The Labute approximate surface area is 129 Å². The molecule has 0 aliphatic heterocycles. The highest BCUT2D eigenvalue weighted by molar-refractivity contribution is 6.29. The standard InChI is InChI=1S/C16H19ClN2O2/c1-3-4-5-14-16(20)19(11-15(17)18-14)10-12-6-8-13(21-2)9-7-12/h6-9,11H,3-5,10H2,1-2H3. The number of aromatic nitrogens is 2. The molecule has 0 aliphatic carbocycles. The first kappa shape index (κ1) is 15.6. The quantitative estimate of drug-likeness (QED) is 0.822. The van der Waals surface area contributed by atoms with E-state index in [2.05, 4.69) is 11.9 Å². The molecule has 4 nitrogen and oxygen atoms in total. The van der Waals surface area contributed by atoms with Crippen LogP contribution in [0.25, 0.3) is 0 Å². The molecule has 5 heteroatoms. The number of unbranched alkanes of at least 4 members (excludes halogenated alkanes) is 1. The Morgan fingerprint density at radius 3 is 2.62 bits per heavy atom. The van der Waals surface area contributed by atoms with Gasteiger partial charge >= 0.3 is 0 Å². The molecular formula is C16H19ClN2O2. The van der Waals surface area contributed by atoms with Gasteiger partial charge in [-0.2, -0.15) is 0 Å². The highest BCUT2D eigenvalue weighted by Gasteiger charge is 2.08. The third-order valence-corrected chi connectivity index (χ3v) is 3.47. The van der Waals surface area contributed by atoms with E-state index in [4.69, 9.17) is 16.3 Å². The predicted octanol–water partition coefficient (Wildman–Crippen LogP) is 3.30. The van der Waals surface area contributed by atoms with Gasteiger partial charge in [0, 0.05) is 6.20 Å². The number of hydrogen-bond acceptors (Lipinski definition) is 3. The third-order valence-electron chi connectivity index (χ3n) is 3.29.